The van der Waals surface area contributed by atoms with Crippen molar-refractivity contribution in [2.45, 2.75) is 44.6 Å². The number of carbonyl (C=O) groups excluding carboxylic acids is 1. The number of halogens is 1. The molecule has 1 aliphatic rings. The van der Waals surface area contributed by atoms with Gasteiger partial charge in [0.1, 0.15) is 5.82 Å². The van der Waals surface area contributed by atoms with E-state index >= 15 is 0 Å². The summed E-state index contributed by atoms with van der Waals surface area (Å²) in [5.41, 5.74) is 0.615. The Kier molecular flexibility index (Phi) is 5.53. The van der Waals surface area contributed by atoms with Crippen LogP contribution in [0.3, 0.4) is 0 Å². The largest absolute Gasteiger partial charge is 0.387 e. The molecule has 2 N–H and O–H groups in total. The van der Waals surface area contributed by atoms with Crippen LogP contribution in [0.4, 0.5) is 4.39 Å². The van der Waals surface area contributed by atoms with Crippen molar-refractivity contribution in [2.24, 2.45) is 5.92 Å². The number of rotatable bonds is 5. The van der Waals surface area contributed by atoms with Crippen LogP contribution >= 0.6 is 0 Å². The number of benzene rings is 1. The normalized spacial score (nSPS) is 17.7. The predicted octanol–water partition coefficient (Wildman–Crippen LogP) is 2.95. The van der Waals surface area contributed by atoms with Crippen LogP contribution in [-0.2, 0) is 4.79 Å². The molecule has 1 amide bonds. The van der Waals surface area contributed by atoms with Gasteiger partial charge in [-0.15, -0.1) is 0 Å². The lowest BCUT2D eigenvalue weighted by atomic mass is 9.87. The van der Waals surface area contributed by atoms with Gasteiger partial charge in [0, 0.05) is 13.0 Å². The van der Waals surface area contributed by atoms with Gasteiger partial charge >= 0.3 is 0 Å². The molecular weight excluding hydrogens is 257 g/mol. The first-order valence-electron chi connectivity index (χ1n) is 7.35. The molecule has 0 radical (unpaired) electrons. The number of amides is 1. The maximum atomic E-state index is 12.8. The SMILES string of the molecule is O=C(CC1CCCCC1)NCC(O)c1ccc(F)cc1. The highest BCUT2D eigenvalue weighted by Gasteiger charge is 2.17. The van der Waals surface area contributed by atoms with Crippen molar-refractivity contribution in [3.05, 3.63) is 35.6 Å². The first-order valence-corrected chi connectivity index (χ1v) is 7.35. The molecule has 0 heterocycles. The van der Waals surface area contributed by atoms with Gasteiger partial charge in [-0.1, -0.05) is 31.4 Å². The highest BCUT2D eigenvalue weighted by molar-refractivity contribution is 5.76. The molecule has 1 unspecified atom stereocenters. The molecule has 1 aromatic rings. The second kappa shape index (κ2) is 7.39. The fourth-order valence-electron chi connectivity index (χ4n) is 2.74. The third-order valence-electron chi connectivity index (χ3n) is 3.95. The third-order valence-corrected chi connectivity index (χ3v) is 3.95. The van der Waals surface area contributed by atoms with E-state index in [9.17, 15) is 14.3 Å². The Morgan fingerprint density at radius 1 is 1.25 bits per heavy atom. The topological polar surface area (TPSA) is 49.3 Å². The number of nitrogens with one attached hydrogen (secondary N) is 1. The number of aliphatic hydroxyl groups is 1. The number of carbonyl (C=O) groups is 1. The Morgan fingerprint density at radius 2 is 1.90 bits per heavy atom. The lowest BCUT2D eigenvalue weighted by Gasteiger charge is -2.21. The average molecular weight is 279 g/mol. The summed E-state index contributed by atoms with van der Waals surface area (Å²) in [4.78, 5) is 11.8. The Labute approximate surface area is 119 Å². The van der Waals surface area contributed by atoms with Gasteiger partial charge in [0.05, 0.1) is 6.10 Å². The van der Waals surface area contributed by atoms with Crippen LogP contribution in [0.25, 0.3) is 0 Å². The van der Waals surface area contributed by atoms with Crippen LogP contribution in [-0.4, -0.2) is 17.6 Å². The van der Waals surface area contributed by atoms with Gasteiger partial charge in [0.2, 0.25) is 5.91 Å². The van der Waals surface area contributed by atoms with E-state index in [2.05, 4.69) is 5.32 Å². The van der Waals surface area contributed by atoms with Gasteiger partial charge in [0.15, 0.2) is 0 Å². The highest BCUT2D eigenvalue weighted by atomic mass is 19.1. The Morgan fingerprint density at radius 3 is 2.55 bits per heavy atom. The fraction of sp³-hybridized carbons (Fsp3) is 0.562. The fourth-order valence-corrected chi connectivity index (χ4v) is 2.74. The summed E-state index contributed by atoms with van der Waals surface area (Å²) >= 11 is 0. The maximum Gasteiger partial charge on any atom is 0.220 e. The second-order valence-electron chi connectivity index (χ2n) is 5.58. The summed E-state index contributed by atoms with van der Waals surface area (Å²) in [5, 5.41) is 12.7. The minimum Gasteiger partial charge on any atom is -0.387 e. The summed E-state index contributed by atoms with van der Waals surface area (Å²) in [7, 11) is 0. The van der Waals surface area contributed by atoms with E-state index in [1.807, 2.05) is 0 Å². The zero-order valence-corrected chi connectivity index (χ0v) is 11.6. The number of hydrogen-bond donors (Lipinski definition) is 2. The summed E-state index contributed by atoms with van der Waals surface area (Å²) in [6.45, 7) is 0.178. The van der Waals surface area contributed by atoms with Crippen molar-refractivity contribution in [1.82, 2.24) is 5.32 Å². The first-order chi connectivity index (χ1) is 9.65. The van der Waals surface area contributed by atoms with E-state index in [4.69, 9.17) is 0 Å². The molecule has 110 valence electrons. The zero-order chi connectivity index (χ0) is 14.4. The minimum atomic E-state index is -0.786. The minimum absolute atomic E-state index is 0.00179. The van der Waals surface area contributed by atoms with E-state index in [0.717, 1.165) is 12.8 Å². The molecule has 0 aromatic heterocycles. The molecule has 1 atom stereocenters. The first kappa shape index (κ1) is 15.0. The molecule has 2 rings (SSSR count). The zero-order valence-electron chi connectivity index (χ0n) is 11.6. The molecule has 0 bridgehead atoms. The molecule has 1 aromatic carbocycles. The average Bonchev–Trinajstić information content (AvgIpc) is 2.46. The monoisotopic (exact) mass is 279 g/mol. The van der Waals surface area contributed by atoms with Crippen LogP contribution in [0.15, 0.2) is 24.3 Å². The van der Waals surface area contributed by atoms with Gasteiger partial charge in [-0.05, 0) is 36.5 Å². The van der Waals surface area contributed by atoms with Gasteiger partial charge < -0.3 is 10.4 Å². The van der Waals surface area contributed by atoms with Crippen molar-refractivity contribution in [3.63, 3.8) is 0 Å². The molecule has 1 saturated carbocycles. The molecule has 20 heavy (non-hydrogen) atoms. The number of hydrogen-bond acceptors (Lipinski definition) is 2. The molecule has 0 aliphatic heterocycles. The standard InChI is InChI=1S/C16H22FNO2/c17-14-8-6-13(7-9-14)15(19)11-18-16(20)10-12-4-2-1-3-5-12/h6-9,12,15,19H,1-5,10-11H2,(H,18,20). The van der Waals surface area contributed by atoms with E-state index in [0.29, 0.717) is 17.9 Å². The summed E-state index contributed by atoms with van der Waals surface area (Å²) in [5.74, 6) is 0.159. The van der Waals surface area contributed by atoms with Gasteiger partial charge in [-0.3, -0.25) is 4.79 Å². The van der Waals surface area contributed by atoms with Crippen molar-refractivity contribution in [3.8, 4) is 0 Å². The molecule has 0 spiro atoms. The molecule has 0 saturated heterocycles. The Bertz CT molecular complexity index is 427. The van der Waals surface area contributed by atoms with E-state index in [1.165, 1.54) is 43.5 Å². The van der Waals surface area contributed by atoms with Crippen LogP contribution < -0.4 is 5.32 Å². The molecule has 3 nitrogen and oxygen atoms in total. The van der Waals surface area contributed by atoms with Gasteiger partial charge in [-0.25, -0.2) is 4.39 Å². The van der Waals surface area contributed by atoms with Crippen LogP contribution in [0, 0.1) is 11.7 Å². The molecule has 1 aliphatic carbocycles. The molecular formula is C16H22FNO2. The Balaban J connectivity index is 1.73. The summed E-state index contributed by atoms with van der Waals surface area (Å²) in [6, 6.07) is 5.69. The van der Waals surface area contributed by atoms with Gasteiger partial charge in [-0.2, -0.15) is 0 Å². The molecule has 4 heteroatoms. The van der Waals surface area contributed by atoms with Crippen LogP contribution in [0.1, 0.15) is 50.2 Å². The summed E-state index contributed by atoms with van der Waals surface area (Å²) in [6.07, 6.45) is 5.75. The maximum absolute atomic E-state index is 12.8. The van der Waals surface area contributed by atoms with E-state index in [1.54, 1.807) is 0 Å². The van der Waals surface area contributed by atoms with E-state index < -0.39 is 6.10 Å². The smallest absolute Gasteiger partial charge is 0.220 e. The summed E-state index contributed by atoms with van der Waals surface area (Å²) < 4.78 is 12.8. The molecule has 1 fully saturated rings. The quantitative estimate of drug-likeness (QED) is 0.870. The number of aliphatic hydroxyl groups excluding tert-OH is 1. The third kappa shape index (κ3) is 4.60. The Hall–Kier alpha value is -1.42. The van der Waals surface area contributed by atoms with Crippen molar-refractivity contribution in [2.75, 3.05) is 6.54 Å². The highest BCUT2D eigenvalue weighted by Crippen LogP contribution is 2.26. The van der Waals surface area contributed by atoms with Crippen molar-refractivity contribution in [1.29, 1.82) is 0 Å². The predicted molar refractivity (Wildman–Crippen MR) is 75.6 cm³/mol. The van der Waals surface area contributed by atoms with Crippen molar-refractivity contribution >= 4 is 5.91 Å². The van der Waals surface area contributed by atoms with Crippen LogP contribution in [0.5, 0.6) is 0 Å². The second-order valence-corrected chi connectivity index (χ2v) is 5.58. The lowest BCUT2D eigenvalue weighted by Crippen LogP contribution is -2.30. The van der Waals surface area contributed by atoms with Gasteiger partial charge in [0.25, 0.3) is 0 Å². The van der Waals surface area contributed by atoms with Crippen LogP contribution in [0.2, 0.25) is 0 Å². The van der Waals surface area contributed by atoms with Crippen molar-refractivity contribution < 1.29 is 14.3 Å². The lowest BCUT2D eigenvalue weighted by molar-refractivity contribution is -0.122. The van der Waals surface area contributed by atoms with E-state index in [-0.39, 0.29) is 18.3 Å².